The van der Waals surface area contributed by atoms with E-state index in [1.807, 2.05) is 0 Å². The molecule has 0 N–H and O–H groups in total. The number of nitrogens with zero attached hydrogens (tertiary/aromatic N) is 1. The van der Waals surface area contributed by atoms with Crippen molar-refractivity contribution in [3.8, 4) is 0 Å². The lowest BCUT2D eigenvalue weighted by Crippen LogP contribution is -2.35. The highest BCUT2D eigenvalue weighted by atomic mass is 127. The number of hydrogen-bond acceptors (Lipinski definition) is 2. The van der Waals surface area contributed by atoms with Gasteiger partial charge in [-0.2, -0.15) is 0 Å². The molecule has 1 saturated carbocycles. The molecule has 2 fully saturated rings. The second-order valence-electron chi connectivity index (χ2n) is 5.27. The summed E-state index contributed by atoms with van der Waals surface area (Å²) in [6.07, 6.45) is 10.1. The van der Waals surface area contributed by atoms with Crippen LogP contribution in [0.3, 0.4) is 0 Å². The van der Waals surface area contributed by atoms with Crippen LogP contribution in [0.15, 0.2) is 12.4 Å². The quantitative estimate of drug-likeness (QED) is 0.753. The van der Waals surface area contributed by atoms with E-state index in [0.29, 0.717) is 6.04 Å². The fourth-order valence-electron chi connectivity index (χ4n) is 3.09. The highest BCUT2D eigenvalue weighted by Gasteiger charge is 2.40. The van der Waals surface area contributed by atoms with Gasteiger partial charge < -0.3 is 14.0 Å². The van der Waals surface area contributed by atoms with Gasteiger partial charge in [-0.15, -0.1) is 0 Å². The fraction of sp³-hybridized carbons (Fsp3) is 0.714. The molecule has 0 bridgehead atoms. The third kappa shape index (κ3) is 2.34. The van der Waals surface area contributed by atoms with E-state index in [4.69, 9.17) is 9.47 Å². The van der Waals surface area contributed by atoms with Crippen molar-refractivity contribution >= 4 is 22.6 Å². The summed E-state index contributed by atoms with van der Waals surface area (Å²) in [4.78, 5) is 0. The Labute approximate surface area is 122 Å². The number of ether oxygens (including phenoxy) is 2. The SMILES string of the molecule is CCc1cn(C2CCC3(CC2)OCCO3)cc1I. The van der Waals surface area contributed by atoms with Crippen molar-refractivity contribution in [2.24, 2.45) is 0 Å². The van der Waals surface area contributed by atoms with Crippen LogP contribution in [0.1, 0.15) is 44.2 Å². The number of hydrogen-bond donors (Lipinski definition) is 0. The number of rotatable bonds is 2. The molecule has 4 heteroatoms. The van der Waals surface area contributed by atoms with E-state index in [0.717, 1.165) is 45.3 Å². The van der Waals surface area contributed by atoms with Crippen LogP contribution < -0.4 is 0 Å². The molecule has 1 aromatic heterocycles. The summed E-state index contributed by atoms with van der Waals surface area (Å²) in [6, 6.07) is 0.622. The predicted octanol–water partition coefficient (Wildman–Crippen LogP) is 3.51. The zero-order chi connectivity index (χ0) is 12.6. The van der Waals surface area contributed by atoms with E-state index in [9.17, 15) is 0 Å². The van der Waals surface area contributed by atoms with Crippen molar-refractivity contribution in [2.45, 2.75) is 50.9 Å². The molecule has 1 aromatic rings. The third-order valence-electron chi connectivity index (χ3n) is 4.21. The van der Waals surface area contributed by atoms with Crippen LogP contribution in [-0.2, 0) is 15.9 Å². The van der Waals surface area contributed by atoms with Gasteiger partial charge in [0.25, 0.3) is 0 Å². The molecule has 1 aliphatic heterocycles. The summed E-state index contributed by atoms with van der Waals surface area (Å²) >= 11 is 2.44. The molecule has 2 aliphatic rings. The zero-order valence-corrected chi connectivity index (χ0v) is 13.0. The minimum Gasteiger partial charge on any atom is -0.350 e. The molecule has 0 aromatic carbocycles. The Morgan fingerprint density at radius 2 is 1.94 bits per heavy atom. The first-order chi connectivity index (χ1) is 8.72. The lowest BCUT2D eigenvalue weighted by Gasteiger charge is -2.35. The maximum Gasteiger partial charge on any atom is 0.168 e. The third-order valence-corrected chi connectivity index (χ3v) is 5.18. The lowest BCUT2D eigenvalue weighted by molar-refractivity contribution is -0.181. The van der Waals surface area contributed by atoms with Gasteiger partial charge in [0.15, 0.2) is 5.79 Å². The molecule has 100 valence electrons. The number of aryl methyl sites for hydroxylation is 1. The van der Waals surface area contributed by atoms with E-state index >= 15 is 0 Å². The lowest BCUT2D eigenvalue weighted by atomic mass is 9.90. The van der Waals surface area contributed by atoms with Crippen LogP contribution >= 0.6 is 22.6 Å². The van der Waals surface area contributed by atoms with Gasteiger partial charge in [-0.05, 0) is 47.4 Å². The van der Waals surface area contributed by atoms with Crippen LogP contribution in [0.25, 0.3) is 0 Å². The van der Waals surface area contributed by atoms with Gasteiger partial charge in [-0.1, -0.05) is 6.92 Å². The standard InChI is InChI=1S/C14H20INO2/c1-2-11-9-16(10-13(11)15)12-3-5-14(6-4-12)17-7-8-18-14/h9-10,12H,2-8H2,1H3. The summed E-state index contributed by atoms with van der Waals surface area (Å²) in [5.41, 5.74) is 1.46. The van der Waals surface area contributed by atoms with Crippen molar-refractivity contribution < 1.29 is 9.47 Å². The highest BCUT2D eigenvalue weighted by molar-refractivity contribution is 14.1. The van der Waals surface area contributed by atoms with Crippen molar-refractivity contribution in [2.75, 3.05) is 13.2 Å². The van der Waals surface area contributed by atoms with Gasteiger partial charge >= 0.3 is 0 Å². The molecule has 18 heavy (non-hydrogen) atoms. The first-order valence-corrected chi connectivity index (χ1v) is 7.94. The average Bonchev–Trinajstić information content (AvgIpc) is 2.98. The normalized spacial score (nSPS) is 23.9. The van der Waals surface area contributed by atoms with Crippen molar-refractivity contribution in [1.82, 2.24) is 4.57 Å². The molecule has 2 heterocycles. The second kappa shape index (κ2) is 5.13. The van der Waals surface area contributed by atoms with Gasteiger partial charge in [0.05, 0.1) is 13.2 Å². The maximum atomic E-state index is 5.78. The predicted molar refractivity (Wildman–Crippen MR) is 78.7 cm³/mol. The summed E-state index contributed by atoms with van der Waals surface area (Å²) in [6.45, 7) is 3.76. The topological polar surface area (TPSA) is 23.4 Å². The molecule has 3 rings (SSSR count). The van der Waals surface area contributed by atoms with Gasteiger partial charge in [0, 0.05) is 34.8 Å². The van der Waals surface area contributed by atoms with Gasteiger partial charge in [-0.25, -0.2) is 0 Å². The van der Waals surface area contributed by atoms with Crippen LogP contribution in [0.4, 0.5) is 0 Å². The largest absolute Gasteiger partial charge is 0.350 e. The van der Waals surface area contributed by atoms with Crippen molar-refractivity contribution in [3.63, 3.8) is 0 Å². The minimum absolute atomic E-state index is 0.232. The van der Waals surface area contributed by atoms with E-state index in [1.165, 1.54) is 9.13 Å². The molecule has 3 nitrogen and oxygen atoms in total. The molecule has 1 spiro atoms. The monoisotopic (exact) mass is 361 g/mol. The van der Waals surface area contributed by atoms with Crippen LogP contribution in [-0.4, -0.2) is 23.6 Å². The Hall–Kier alpha value is -0.0700. The zero-order valence-electron chi connectivity index (χ0n) is 10.8. The Kier molecular flexibility index (Phi) is 3.69. The molecule has 1 saturated heterocycles. The molecule has 0 radical (unpaired) electrons. The van der Waals surface area contributed by atoms with Crippen molar-refractivity contribution in [1.29, 1.82) is 0 Å². The summed E-state index contributed by atoms with van der Waals surface area (Å²) < 4.78 is 15.4. The molecule has 1 aliphatic carbocycles. The smallest absolute Gasteiger partial charge is 0.168 e. The number of halogens is 1. The first-order valence-electron chi connectivity index (χ1n) is 6.86. The summed E-state index contributed by atoms with van der Waals surface area (Å²) in [7, 11) is 0. The minimum atomic E-state index is -0.232. The summed E-state index contributed by atoms with van der Waals surface area (Å²) in [5.74, 6) is -0.232. The number of aromatic nitrogens is 1. The van der Waals surface area contributed by atoms with E-state index in [-0.39, 0.29) is 5.79 Å². The first kappa shape index (κ1) is 12.9. The molecular weight excluding hydrogens is 341 g/mol. The summed E-state index contributed by atoms with van der Waals surface area (Å²) in [5, 5.41) is 0. The fourth-order valence-corrected chi connectivity index (χ4v) is 3.93. The average molecular weight is 361 g/mol. The Morgan fingerprint density at radius 1 is 1.28 bits per heavy atom. The Morgan fingerprint density at radius 3 is 2.50 bits per heavy atom. The molecule has 0 atom stereocenters. The van der Waals surface area contributed by atoms with E-state index < -0.39 is 0 Å². The second-order valence-corrected chi connectivity index (χ2v) is 6.43. The van der Waals surface area contributed by atoms with Crippen LogP contribution in [0, 0.1) is 3.57 Å². The molecular formula is C14H20INO2. The van der Waals surface area contributed by atoms with Crippen LogP contribution in [0.2, 0.25) is 0 Å². The van der Waals surface area contributed by atoms with Gasteiger partial charge in [0.1, 0.15) is 0 Å². The van der Waals surface area contributed by atoms with Crippen molar-refractivity contribution in [3.05, 3.63) is 21.5 Å². The highest BCUT2D eigenvalue weighted by Crippen LogP contribution is 2.40. The van der Waals surface area contributed by atoms with Crippen LogP contribution in [0.5, 0.6) is 0 Å². The Balaban J connectivity index is 1.68. The van der Waals surface area contributed by atoms with E-state index in [2.05, 4.69) is 46.5 Å². The maximum absolute atomic E-state index is 5.78. The Bertz CT molecular complexity index is 413. The van der Waals surface area contributed by atoms with Gasteiger partial charge in [0.2, 0.25) is 0 Å². The van der Waals surface area contributed by atoms with Gasteiger partial charge in [-0.3, -0.25) is 0 Å². The molecule has 0 unspecified atom stereocenters. The van der Waals surface area contributed by atoms with E-state index in [1.54, 1.807) is 0 Å². The molecule has 0 amide bonds.